The van der Waals surface area contributed by atoms with Crippen LogP contribution in [-0.4, -0.2) is 40.9 Å². The molecule has 0 saturated heterocycles. The van der Waals surface area contributed by atoms with Gasteiger partial charge in [-0.3, -0.25) is 4.90 Å². The molecule has 134 valence electrons. The Kier molecular flexibility index (Phi) is 4.13. The van der Waals surface area contributed by atoms with Crippen molar-refractivity contribution in [2.75, 3.05) is 20.8 Å². The third-order valence-electron chi connectivity index (χ3n) is 5.12. The van der Waals surface area contributed by atoms with Gasteiger partial charge >= 0.3 is 0 Å². The molecule has 2 aromatic rings. The molecule has 0 spiro atoms. The highest BCUT2D eigenvalue weighted by molar-refractivity contribution is 5.51. The first kappa shape index (κ1) is 16.4. The number of ether oxygens (including phenoxy) is 2. The van der Waals surface area contributed by atoms with E-state index in [4.69, 9.17) is 14.0 Å². The lowest BCUT2D eigenvalue weighted by atomic mass is 9.94. The number of hydrogen-bond donors (Lipinski definition) is 1. The summed E-state index contributed by atoms with van der Waals surface area (Å²) < 4.78 is 16.4. The van der Waals surface area contributed by atoms with Crippen molar-refractivity contribution in [3.05, 3.63) is 35.0 Å². The number of rotatable bonds is 5. The molecule has 7 nitrogen and oxygen atoms in total. The summed E-state index contributed by atoms with van der Waals surface area (Å²) in [7, 11) is 3.25. The molecular weight excluding hydrogens is 322 g/mol. The summed E-state index contributed by atoms with van der Waals surface area (Å²) in [5, 5.41) is 14.8. The van der Waals surface area contributed by atoms with E-state index >= 15 is 0 Å². The van der Waals surface area contributed by atoms with Gasteiger partial charge in [0, 0.05) is 30.1 Å². The molecule has 2 atom stereocenters. The maximum absolute atomic E-state index is 10.7. The zero-order chi connectivity index (χ0) is 17.6. The van der Waals surface area contributed by atoms with Gasteiger partial charge in [-0.05, 0) is 31.9 Å². The second-order valence-electron chi connectivity index (χ2n) is 6.75. The largest absolute Gasteiger partial charge is 0.496 e. The molecule has 25 heavy (non-hydrogen) atoms. The third kappa shape index (κ3) is 2.87. The minimum atomic E-state index is -0.665. The number of hydrogen-bond acceptors (Lipinski definition) is 7. The maximum Gasteiger partial charge on any atom is 0.243 e. The summed E-state index contributed by atoms with van der Waals surface area (Å²) in [5.41, 5.74) is 1.74. The van der Waals surface area contributed by atoms with Crippen LogP contribution in [0.25, 0.3) is 0 Å². The standard InChI is InChI=1S/C18H23N3O4/c1-10(18-19-17(20-25-18)11-4-5-11)21-8-12-14(23-2)6-7-15(24-3)16(12)13(22)9-21/h6-7,10-11,13,22H,4-5,8-9H2,1-3H3/t10-,13-/m1/s1. The number of methoxy groups -OCH3 is 2. The Morgan fingerprint density at radius 3 is 2.64 bits per heavy atom. The molecule has 1 aromatic carbocycles. The van der Waals surface area contributed by atoms with E-state index in [0.29, 0.717) is 30.6 Å². The first-order valence-corrected chi connectivity index (χ1v) is 8.61. The molecule has 1 aromatic heterocycles. The van der Waals surface area contributed by atoms with Crippen molar-refractivity contribution in [3.63, 3.8) is 0 Å². The van der Waals surface area contributed by atoms with Crippen LogP contribution in [0.1, 0.15) is 60.7 Å². The lowest BCUT2D eigenvalue weighted by Gasteiger charge is -2.36. The molecule has 2 aliphatic rings. The molecular formula is C18H23N3O4. The Balaban J connectivity index is 1.63. The van der Waals surface area contributed by atoms with Gasteiger partial charge in [0.05, 0.1) is 26.4 Å². The molecule has 0 unspecified atom stereocenters. The molecule has 1 fully saturated rings. The second-order valence-corrected chi connectivity index (χ2v) is 6.75. The van der Waals surface area contributed by atoms with Crippen LogP contribution in [0.2, 0.25) is 0 Å². The van der Waals surface area contributed by atoms with Crippen LogP contribution >= 0.6 is 0 Å². The van der Waals surface area contributed by atoms with Crippen molar-refractivity contribution in [2.45, 2.75) is 44.4 Å². The molecule has 4 rings (SSSR count). The van der Waals surface area contributed by atoms with Crippen molar-refractivity contribution < 1.29 is 19.1 Å². The fraction of sp³-hybridized carbons (Fsp3) is 0.556. The van der Waals surface area contributed by atoms with Gasteiger partial charge in [0.1, 0.15) is 11.5 Å². The third-order valence-corrected chi connectivity index (χ3v) is 5.12. The molecule has 1 saturated carbocycles. The van der Waals surface area contributed by atoms with E-state index in [-0.39, 0.29) is 6.04 Å². The number of β-amino-alcohol motifs (C(OH)–C–C–N with tert-alkyl or cyclic N) is 1. The van der Waals surface area contributed by atoms with Crippen molar-refractivity contribution in [2.24, 2.45) is 0 Å². The van der Waals surface area contributed by atoms with Crippen molar-refractivity contribution in [1.82, 2.24) is 15.0 Å². The van der Waals surface area contributed by atoms with Crippen LogP contribution in [0.4, 0.5) is 0 Å². The van der Waals surface area contributed by atoms with Crippen LogP contribution in [0, 0.1) is 0 Å². The predicted molar refractivity (Wildman–Crippen MR) is 89.6 cm³/mol. The van der Waals surface area contributed by atoms with Crippen LogP contribution in [-0.2, 0) is 6.54 Å². The van der Waals surface area contributed by atoms with Crippen LogP contribution in [0.15, 0.2) is 16.7 Å². The fourth-order valence-corrected chi connectivity index (χ4v) is 3.48. The number of nitrogens with zero attached hydrogens (tertiary/aromatic N) is 3. The summed E-state index contributed by atoms with van der Waals surface area (Å²) in [4.78, 5) is 6.67. The quantitative estimate of drug-likeness (QED) is 0.892. The van der Waals surface area contributed by atoms with Gasteiger partial charge in [0.25, 0.3) is 0 Å². The number of aliphatic hydroxyl groups is 1. The molecule has 0 bridgehead atoms. The van der Waals surface area contributed by atoms with E-state index in [0.717, 1.165) is 35.5 Å². The highest BCUT2D eigenvalue weighted by Gasteiger charge is 2.35. The Morgan fingerprint density at radius 1 is 1.24 bits per heavy atom. The number of benzene rings is 1. The lowest BCUT2D eigenvalue weighted by Crippen LogP contribution is -2.36. The van der Waals surface area contributed by atoms with Gasteiger partial charge in [-0.2, -0.15) is 4.98 Å². The lowest BCUT2D eigenvalue weighted by molar-refractivity contribution is 0.0567. The Bertz CT molecular complexity index is 772. The van der Waals surface area contributed by atoms with Crippen molar-refractivity contribution >= 4 is 0 Å². The molecule has 0 radical (unpaired) electrons. The van der Waals surface area contributed by atoms with Crippen LogP contribution < -0.4 is 9.47 Å². The zero-order valence-corrected chi connectivity index (χ0v) is 14.7. The Labute approximate surface area is 146 Å². The van der Waals surface area contributed by atoms with Gasteiger partial charge < -0.3 is 19.1 Å². The Hall–Kier alpha value is -2.12. The van der Waals surface area contributed by atoms with E-state index in [1.165, 1.54) is 0 Å². The molecule has 1 aliphatic heterocycles. The number of aliphatic hydroxyl groups excluding tert-OH is 1. The Morgan fingerprint density at radius 2 is 1.96 bits per heavy atom. The first-order valence-electron chi connectivity index (χ1n) is 8.61. The van der Waals surface area contributed by atoms with Gasteiger partial charge in [0.15, 0.2) is 5.82 Å². The topological polar surface area (TPSA) is 80.9 Å². The normalized spacial score (nSPS) is 21.7. The monoisotopic (exact) mass is 345 g/mol. The first-order chi connectivity index (χ1) is 12.1. The van der Waals surface area contributed by atoms with E-state index in [1.807, 2.05) is 19.1 Å². The van der Waals surface area contributed by atoms with Crippen molar-refractivity contribution in [3.8, 4) is 11.5 Å². The van der Waals surface area contributed by atoms with E-state index in [1.54, 1.807) is 14.2 Å². The summed E-state index contributed by atoms with van der Waals surface area (Å²) in [5.74, 6) is 3.29. The average molecular weight is 345 g/mol. The molecule has 7 heteroatoms. The van der Waals surface area contributed by atoms with Crippen LogP contribution in [0.5, 0.6) is 11.5 Å². The van der Waals surface area contributed by atoms with Gasteiger partial charge in [-0.15, -0.1) is 0 Å². The second kappa shape index (κ2) is 6.31. The summed E-state index contributed by atoms with van der Waals surface area (Å²) in [6.45, 7) is 3.11. The SMILES string of the molecule is COc1ccc(OC)c2c1CN([C@H](C)c1nc(C3CC3)no1)C[C@H]2O. The number of aromatic nitrogens is 2. The highest BCUT2D eigenvalue weighted by Crippen LogP contribution is 2.42. The van der Waals surface area contributed by atoms with E-state index < -0.39 is 6.10 Å². The average Bonchev–Trinajstić information content (AvgIpc) is 3.37. The van der Waals surface area contributed by atoms with Gasteiger partial charge in [0.2, 0.25) is 5.89 Å². The minimum absolute atomic E-state index is 0.0845. The van der Waals surface area contributed by atoms with Gasteiger partial charge in [-0.1, -0.05) is 5.16 Å². The van der Waals surface area contributed by atoms with Crippen molar-refractivity contribution in [1.29, 1.82) is 0 Å². The van der Waals surface area contributed by atoms with Crippen LogP contribution in [0.3, 0.4) is 0 Å². The summed E-state index contributed by atoms with van der Waals surface area (Å²) in [6, 6.07) is 3.62. The molecule has 1 N–H and O–H groups in total. The highest BCUT2D eigenvalue weighted by atomic mass is 16.5. The summed E-state index contributed by atoms with van der Waals surface area (Å²) >= 11 is 0. The predicted octanol–water partition coefficient (Wildman–Crippen LogP) is 2.57. The maximum atomic E-state index is 10.7. The minimum Gasteiger partial charge on any atom is -0.496 e. The van der Waals surface area contributed by atoms with E-state index in [2.05, 4.69) is 15.0 Å². The zero-order valence-electron chi connectivity index (χ0n) is 14.7. The summed E-state index contributed by atoms with van der Waals surface area (Å²) in [6.07, 6.45) is 1.61. The molecule has 0 amide bonds. The van der Waals surface area contributed by atoms with Gasteiger partial charge in [-0.25, -0.2) is 0 Å². The smallest absolute Gasteiger partial charge is 0.243 e. The molecule has 2 heterocycles. The fourth-order valence-electron chi connectivity index (χ4n) is 3.48. The van der Waals surface area contributed by atoms with E-state index in [9.17, 15) is 5.11 Å². The molecule has 1 aliphatic carbocycles. The number of fused-ring (bicyclic) bond motifs is 1.